The Morgan fingerprint density at radius 3 is 2.69 bits per heavy atom. The van der Waals surface area contributed by atoms with Crippen LogP contribution < -0.4 is 5.32 Å². The average molecular weight is 243 g/mol. The monoisotopic (exact) mass is 243 g/mol. The molecule has 1 saturated heterocycles. The molecule has 1 atom stereocenters. The van der Waals surface area contributed by atoms with Gasteiger partial charge in [0.15, 0.2) is 9.84 Å². The summed E-state index contributed by atoms with van der Waals surface area (Å²) in [7, 11) is -3.32. The molecule has 1 N–H and O–H groups in total. The third-order valence-corrected chi connectivity index (χ3v) is 4.01. The molecule has 2 rings (SSSR count). The number of rotatable bonds is 2. The third-order valence-electron chi connectivity index (χ3n) is 2.90. The van der Waals surface area contributed by atoms with Crippen LogP contribution in [-0.2, 0) is 9.84 Å². The molecular formula is C11H14FNO2S. The summed E-state index contributed by atoms with van der Waals surface area (Å²) in [5.74, 6) is -0.259. The summed E-state index contributed by atoms with van der Waals surface area (Å²) in [6.07, 6.45) is 1.98. The summed E-state index contributed by atoms with van der Waals surface area (Å²) in [5.41, 5.74) is 0.609. The SMILES string of the molecule is CS(=O)(=O)c1ccc(C2CCNC2)c(F)c1. The summed E-state index contributed by atoms with van der Waals surface area (Å²) in [4.78, 5) is 0.0414. The summed E-state index contributed by atoms with van der Waals surface area (Å²) in [5, 5.41) is 3.16. The molecule has 88 valence electrons. The number of hydrogen-bond acceptors (Lipinski definition) is 3. The summed E-state index contributed by atoms with van der Waals surface area (Å²) >= 11 is 0. The highest BCUT2D eigenvalue weighted by atomic mass is 32.2. The Balaban J connectivity index is 2.37. The fourth-order valence-electron chi connectivity index (χ4n) is 1.99. The fourth-order valence-corrected chi connectivity index (χ4v) is 2.62. The van der Waals surface area contributed by atoms with E-state index < -0.39 is 15.7 Å². The molecule has 1 aromatic rings. The van der Waals surface area contributed by atoms with Crippen molar-refractivity contribution < 1.29 is 12.8 Å². The molecule has 16 heavy (non-hydrogen) atoms. The van der Waals surface area contributed by atoms with Gasteiger partial charge in [-0.15, -0.1) is 0 Å². The maximum absolute atomic E-state index is 13.7. The van der Waals surface area contributed by atoms with Gasteiger partial charge in [-0.3, -0.25) is 0 Å². The molecule has 0 aliphatic carbocycles. The number of hydrogen-bond donors (Lipinski definition) is 1. The lowest BCUT2D eigenvalue weighted by atomic mass is 9.98. The minimum absolute atomic E-state index is 0.0414. The molecule has 0 spiro atoms. The zero-order chi connectivity index (χ0) is 11.8. The van der Waals surface area contributed by atoms with E-state index in [1.165, 1.54) is 6.07 Å². The molecule has 1 aliphatic heterocycles. The smallest absolute Gasteiger partial charge is 0.175 e. The molecule has 0 saturated carbocycles. The summed E-state index contributed by atoms with van der Waals surface area (Å²) in [6, 6.07) is 4.18. The van der Waals surface area contributed by atoms with Gasteiger partial charge in [0.05, 0.1) is 4.90 Å². The van der Waals surface area contributed by atoms with Gasteiger partial charge in [0.25, 0.3) is 0 Å². The van der Waals surface area contributed by atoms with E-state index in [1.807, 2.05) is 0 Å². The van der Waals surface area contributed by atoms with Crippen LogP contribution in [0.25, 0.3) is 0 Å². The van der Waals surface area contributed by atoms with Crippen molar-refractivity contribution in [2.45, 2.75) is 17.2 Å². The van der Waals surface area contributed by atoms with E-state index in [9.17, 15) is 12.8 Å². The highest BCUT2D eigenvalue weighted by Gasteiger charge is 2.21. The Hall–Kier alpha value is -0.940. The van der Waals surface area contributed by atoms with E-state index in [2.05, 4.69) is 5.32 Å². The second-order valence-corrected chi connectivity index (χ2v) is 6.16. The van der Waals surface area contributed by atoms with Crippen molar-refractivity contribution in [2.24, 2.45) is 0 Å². The van der Waals surface area contributed by atoms with E-state index in [0.717, 1.165) is 31.8 Å². The van der Waals surface area contributed by atoms with E-state index in [1.54, 1.807) is 6.07 Å². The molecule has 1 aliphatic rings. The standard InChI is InChI=1S/C11H14FNO2S/c1-16(14,15)9-2-3-10(11(12)6-9)8-4-5-13-7-8/h2-3,6,8,13H,4-5,7H2,1H3. The number of sulfone groups is 1. The van der Waals surface area contributed by atoms with Crippen LogP contribution in [0.4, 0.5) is 4.39 Å². The third kappa shape index (κ3) is 2.25. The highest BCUT2D eigenvalue weighted by molar-refractivity contribution is 7.90. The molecule has 0 bridgehead atoms. The Morgan fingerprint density at radius 1 is 1.44 bits per heavy atom. The molecule has 3 nitrogen and oxygen atoms in total. The van der Waals surface area contributed by atoms with Gasteiger partial charge in [0.2, 0.25) is 0 Å². The lowest BCUT2D eigenvalue weighted by molar-refractivity contribution is 0.578. The lowest BCUT2D eigenvalue weighted by Crippen LogP contribution is -2.09. The van der Waals surface area contributed by atoms with Gasteiger partial charge < -0.3 is 5.32 Å². The summed E-state index contributed by atoms with van der Waals surface area (Å²) in [6.45, 7) is 1.65. The first kappa shape index (κ1) is 11.5. The molecule has 0 radical (unpaired) electrons. The Bertz CT molecular complexity index is 493. The van der Waals surface area contributed by atoms with E-state index in [-0.39, 0.29) is 10.8 Å². The predicted molar refractivity (Wildman–Crippen MR) is 59.7 cm³/mol. The van der Waals surface area contributed by atoms with Crippen molar-refractivity contribution >= 4 is 9.84 Å². The molecule has 1 aromatic carbocycles. The van der Waals surface area contributed by atoms with Crippen molar-refractivity contribution in [3.8, 4) is 0 Å². The van der Waals surface area contributed by atoms with E-state index in [4.69, 9.17) is 0 Å². The quantitative estimate of drug-likeness (QED) is 0.851. The first-order valence-electron chi connectivity index (χ1n) is 5.19. The molecule has 5 heteroatoms. The van der Waals surface area contributed by atoms with Crippen LogP contribution >= 0.6 is 0 Å². The zero-order valence-electron chi connectivity index (χ0n) is 9.03. The first-order valence-corrected chi connectivity index (χ1v) is 7.08. The van der Waals surface area contributed by atoms with Gasteiger partial charge >= 0.3 is 0 Å². The van der Waals surface area contributed by atoms with Gasteiger partial charge in [0.1, 0.15) is 5.82 Å². The van der Waals surface area contributed by atoms with Crippen molar-refractivity contribution in [3.05, 3.63) is 29.6 Å². The van der Waals surface area contributed by atoms with Crippen molar-refractivity contribution in [2.75, 3.05) is 19.3 Å². The predicted octanol–water partition coefficient (Wildman–Crippen LogP) is 1.31. The highest BCUT2D eigenvalue weighted by Crippen LogP contribution is 2.26. The van der Waals surface area contributed by atoms with Crippen LogP contribution in [0.5, 0.6) is 0 Å². The van der Waals surface area contributed by atoms with E-state index in [0.29, 0.717) is 5.56 Å². The fraction of sp³-hybridized carbons (Fsp3) is 0.455. The van der Waals surface area contributed by atoms with Crippen molar-refractivity contribution in [1.29, 1.82) is 0 Å². The van der Waals surface area contributed by atoms with Gasteiger partial charge in [0, 0.05) is 18.7 Å². The lowest BCUT2D eigenvalue weighted by Gasteiger charge is -2.10. The van der Waals surface area contributed by atoms with Crippen molar-refractivity contribution in [1.82, 2.24) is 5.32 Å². The van der Waals surface area contributed by atoms with Crippen LogP contribution in [0, 0.1) is 5.82 Å². The van der Waals surface area contributed by atoms with Gasteiger partial charge in [-0.25, -0.2) is 12.8 Å². The topological polar surface area (TPSA) is 46.2 Å². The van der Waals surface area contributed by atoms with Gasteiger partial charge in [-0.05, 0) is 30.7 Å². The normalized spacial score (nSPS) is 21.2. The molecular weight excluding hydrogens is 229 g/mol. The van der Waals surface area contributed by atoms with Crippen LogP contribution in [0.1, 0.15) is 17.9 Å². The van der Waals surface area contributed by atoms with E-state index >= 15 is 0 Å². The molecule has 0 amide bonds. The average Bonchev–Trinajstić information content (AvgIpc) is 2.69. The molecule has 1 unspecified atom stereocenters. The first-order chi connectivity index (χ1) is 7.48. The van der Waals surface area contributed by atoms with Crippen LogP contribution in [0.15, 0.2) is 23.1 Å². The Morgan fingerprint density at radius 2 is 2.19 bits per heavy atom. The second kappa shape index (κ2) is 4.14. The molecule has 1 heterocycles. The summed E-state index contributed by atoms with van der Waals surface area (Å²) < 4.78 is 36.2. The number of benzene rings is 1. The number of nitrogens with one attached hydrogen (secondary N) is 1. The number of halogens is 1. The Kier molecular flexibility index (Phi) is 2.99. The maximum atomic E-state index is 13.7. The molecule has 1 fully saturated rings. The zero-order valence-corrected chi connectivity index (χ0v) is 9.85. The van der Waals surface area contributed by atoms with Crippen LogP contribution in [0.2, 0.25) is 0 Å². The minimum atomic E-state index is -3.32. The Labute approximate surface area is 94.6 Å². The van der Waals surface area contributed by atoms with Gasteiger partial charge in [-0.1, -0.05) is 6.07 Å². The van der Waals surface area contributed by atoms with Gasteiger partial charge in [-0.2, -0.15) is 0 Å². The molecule has 0 aromatic heterocycles. The largest absolute Gasteiger partial charge is 0.316 e. The van der Waals surface area contributed by atoms with Crippen LogP contribution in [-0.4, -0.2) is 27.8 Å². The second-order valence-electron chi connectivity index (χ2n) is 4.15. The van der Waals surface area contributed by atoms with Crippen molar-refractivity contribution in [3.63, 3.8) is 0 Å². The van der Waals surface area contributed by atoms with Crippen LogP contribution in [0.3, 0.4) is 0 Å². The minimum Gasteiger partial charge on any atom is -0.316 e. The maximum Gasteiger partial charge on any atom is 0.175 e.